The molecule has 1 fully saturated rings. The van der Waals surface area contributed by atoms with E-state index in [1.165, 1.54) is 21.3 Å². The number of nitrogens with zero attached hydrogens (tertiary/aromatic N) is 2. The number of phenolic OH excluding ortho intramolecular Hbond substituents is 1. The van der Waals surface area contributed by atoms with E-state index in [1.807, 2.05) is 24.3 Å². The quantitative estimate of drug-likeness (QED) is 0.462. The van der Waals surface area contributed by atoms with Crippen molar-refractivity contribution in [1.82, 2.24) is 9.13 Å². The lowest BCUT2D eigenvalue weighted by atomic mass is 9.94. The summed E-state index contributed by atoms with van der Waals surface area (Å²) in [4.78, 5) is 12.2. The third-order valence-corrected chi connectivity index (χ3v) is 6.38. The Kier molecular flexibility index (Phi) is 4.73. The summed E-state index contributed by atoms with van der Waals surface area (Å²) in [7, 11) is 1.65. The predicted octanol–water partition coefficient (Wildman–Crippen LogP) is 4.96. The van der Waals surface area contributed by atoms with E-state index in [-0.39, 0.29) is 17.0 Å². The number of rotatable bonds is 4. The van der Waals surface area contributed by atoms with Gasteiger partial charge in [-0.05, 0) is 59.9 Å². The molecule has 162 valence electrons. The Balaban J connectivity index is 1.60. The number of imidazole rings is 1. The number of hydrogen-bond donors (Lipinski definition) is 2. The summed E-state index contributed by atoms with van der Waals surface area (Å²) in [5.74, 6) is -0.530. The first kappa shape index (κ1) is 20.5. The molecule has 0 atom stereocenters. The highest BCUT2D eigenvalue weighted by molar-refractivity contribution is 6.32. The van der Waals surface area contributed by atoms with Crippen molar-refractivity contribution in [3.63, 3.8) is 0 Å². The topological polar surface area (TPSA) is 73.2 Å². The SMILES string of the molecule is Cn1ccn(-c2ccc(-c3cc(F)cc(-c4cccc(C5(N)CC5)c4)c3O)cc2Cl)c1=O. The maximum Gasteiger partial charge on any atom is 0.332 e. The Morgan fingerprint density at radius 1 is 1.03 bits per heavy atom. The zero-order chi connectivity index (χ0) is 22.6. The van der Waals surface area contributed by atoms with Gasteiger partial charge in [-0.15, -0.1) is 0 Å². The van der Waals surface area contributed by atoms with Gasteiger partial charge in [0.2, 0.25) is 0 Å². The lowest BCUT2D eigenvalue weighted by Crippen LogP contribution is -2.20. The molecule has 5 nitrogen and oxygen atoms in total. The second-order valence-electron chi connectivity index (χ2n) is 8.31. The summed E-state index contributed by atoms with van der Waals surface area (Å²) in [5, 5.41) is 11.4. The van der Waals surface area contributed by atoms with Gasteiger partial charge in [0, 0.05) is 36.1 Å². The first-order valence-corrected chi connectivity index (χ1v) is 10.6. The van der Waals surface area contributed by atoms with Crippen LogP contribution in [-0.2, 0) is 12.6 Å². The molecule has 0 unspecified atom stereocenters. The smallest absolute Gasteiger partial charge is 0.332 e. The van der Waals surface area contributed by atoms with E-state index in [4.69, 9.17) is 17.3 Å². The van der Waals surface area contributed by atoms with Gasteiger partial charge in [-0.25, -0.2) is 9.18 Å². The number of nitrogens with two attached hydrogens (primary N) is 1. The van der Waals surface area contributed by atoms with Crippen molar-refractivity contribution in [2.75, 3.05) is 0 Å². The van der Waals surface area contributed by atoms with Crippen LogP contribution in [0.25, 0.3) is 27.9 Å². The van der Waals surface area contributed by atoms with Crippen molar-refractivity contribution in [2.24, 2.45) is 12.8 Å². The van der Waals surface area contributed by atoms with Crippen LogP contribution in [-0.4, -0.2) is 14.2 Å². The van der Waals surface area contributed by atoms with Crippen molar-refractivity contribution in [3.05, 3.63) is 93.9 Å². The molecule has 3 N–H and O–H groups in total. The Hall–Kier alpha value is -3.35. The zero-order valence-electron chi connectivity index (χ0n) is 17.3. The molecule has 0 aliphatic heterocycles. The van der Waals surface area contributed by atoms with Gasteiger partial charge in [-0.2, -0.15) is 0 Å². The van der Waals surface area contributed by atoms with Gasteiger partial charge >= 0.3 is 5.69 Å². The monoisotopic (exact) mass is 449 g/mol. The predicted molar refractivity (Wildman–Crippen MR) is 124 cm³/mol. The molecule has 0 amide bonds. The largest absolute Gasteiger partial charge is 0.507 e. The Bertz CT molecular complexity index is 1420. The average Bonchev–Trinajstić information content (AvgIpc) is 3.46. The van der Waals surface area contributed by atoms with Crippen LogP contribution in [0.15, 0.2) is 71.8 Å². The van der Waals surface area contributed by atoms with Gasteiger partial charge in [0.1, 0.15) is 11.6 Å². The van der Waals surface area contributed by atoms with Gasteiger partial charge in [0.15, 0.2) is 0 Å². The van der Waals surface area contributed by atoms with Crippen molar-refractivity contribution >= 4 is 11.6 Å². The second-order valence-corrected chi connectivity index (χ2v) is 8.72. The molecular formula is C25H21ClFN3O2. The van der Waals surface area contributed by atoms with Crippen LogP contribution < -0.4 is 11.4 Å². The minimum absolute atomic E-state index is 0.0499. The maximum absolute atomic E-state index is 14.6. The molecule has 7 heteroatoms. The fourth-order valence-corrected chi connectivity index (χ4v) is 4.25. The lowest BCUT2D eigenvalue weighted by Gasteiger charge is -2.15. The van der Waals surface area contributed by atoms with Gasteiger partial charge in [0.25, 0.3) is 0 Å². The van der Waals surface area contributed by atoms with Crippen LogP contribution in [0, 0.1) is 5.82 Å². The fourth-order valence-electron chi connectivity index (χ4n) is 3.98. The van der Waals surface area contributed by atoms with Crippen molar-refractivity contribution in [3.8, 4) is 33.7 Å². The van der Waals surface area contributed by atoms with Crippen molar-refractivity contribution in [2.45, 2.75) is 18.4 Å². The maximum atomic E-state index is 14.6. The van der Waals surface area contributed by atoms with Crippen LogP contribution in [0.4, 0.5) is 4.39 Å². The second kappa shape index (κ2) is 7.36. The zero-order valence-corrected chi connectivity index (χ0v) is 18.1. The molecular weight excluding hydrogens is 429 g/mol. The number of aromatic hydroxyl groups is 1. The van der Waals surface area contributed by atoms with Gasteiger partial charge in [-0.3, -0.25) is 4.57 Å². The molecule has 3 aromatic carbocycles. The van der Waals surface area contributed by atoms with Gasteiger partial charge in [-0.1, -0.05) is 35.9 Å². The first-order chi connectivity index (χ1) is 15.3. The highest BCUT2D eigenvalue weighted by atomic mass is 35.5. The number of aryl methyl sites for hydroxylation is 1. The van der Waals surface area contributed by atoms with Crippen molar-refractivity contribution in [1.29, 1.82) is 0 Å². The first-order valence-electron chi connectivity index (χ1n) is 10.2. The molecule has 1 heterocycles. The molecule has 1 aliphatic rings. The Morgan fingerprint density at radius 2 is 1.72 bits per heavy atom. The standard InChI is InChI=1S/C25H21ClFN3O2/c1-29-9-10-30(24(29)32)22-6-5-16(12-21(22)26)20-14-18(27)13-19(23(20)31)15-3-2-4-17(11-15)25(28)7-8-25/h2-6,9-14,31H,7-8,28H2,1H3. The molecule has 1 aromatic heterocycles. The molecule has 0 saturated heterocycles. The summed E-state index contributed by atoms with van der Waals surface area (Å²) in [6.45, 7) is 0. The van der Waals surface area contributed by atoms with Crippen LogP contribution in [0.2, 0.25) is 5.02 Å². The highest BCUT2D eigenvalue weighted by Crippen LogP contribution is 2.45. The average molecular weight is 450 g/mol. The van der Waals surface area contributed by atoms with Gasteiger partial charge in [0.05, 0.1) is 10.7 Å². The highest BCUT2D eigenvalue weighted by Gasteiger charge is 2.40. The van der Waals surface area contributed by atoms with Crippen LogP contribution >= 0.6 is 11.6 Å². The van der Waals surface area contributed by atoms with Crippen molar-refractivity contribution < 1.29 is 9.50 Å². The summed E-state index contributed by atoms with van der Waals surface area (Å²) >= 11 is 6.46. The van der Waals surface area contributed by atoms with Crippen LogP contribution in [0.1, 0.15) is 18.4 Å². The van der Waals surface area contributed by atoms with Crippen LogP contribution in [0.5, 0.6) is 5.75 Å². The van der Waals surface area contributed by atoms with E-state index in [9.17, 15) is 14.3 Å². The molecule has 32 heavy (non-hydrogen) atoms. The number of benzene rings is 3. The molecule has 1 aliphatic carbocycles. The molecule has 5 rings (SSSR count). The molecule has 0 radical (unpaired) electrons. The number of phenols is 1. The van der Waals surface area contributed by atoms with E-state index in [0.717, 1.165) is 18.4 Å². The minimum atomic E-state index is -0.480. The summed E-state index contributed by atoms with van der Waals surface area (Å²) < 4.78 is 17.5. The molecule has 4 aromatic rings. The lowest BCUT2D eigenvalue weighted by molar-refractivity contribution is 0.477. The summed E-state index contributed by atoms with van der Waals surface area (Å²) in [6, 6.07) is 15.1. The summed E-state index contributed by atoms with van der Waals surface area (Å²) in [6.07, 6.45) is 5.08. The fraction of sp³-hybridized carbons (Fsp3) is 0.160. The van der Waals surface area contributed by atoms with Crippen LogP contribution in [0.3, 0.4) is 0 Å². The number of halogens is 2. The third-order valence-electron chi connectivity index (χ3n) is 6.08. The van der Waals surface area contributed by atoms with E-state index in [2.05, 4.69) is 0 Å². The van der Waals surface area contributed by atoms with E-state index < -0.39 is 5.82 Å². The Morgan fingerprint density at radius 3 is 2.31 bits per heavy atom. The number of aromatic nitrogens is 2. The molecule has 0 spiro atoms. The molecule has 0 bridgehead atoms. The summed E-state index contributed by atoms with van der Waals surface area (Å²) in [5.41, 5.74) is 9.15. The van der Waals surface area contributed by atoms with E-state index >= 15 is 0 Å². The minimum Gasteiger partial charge on any atom is -0.507 e. The molecule has 1 saturated carbocycles. The normalized spacial score (nSPS) is 14.5. The van der Waals surface area contributed by atoms with Gasteiger partial charge < -0.3 is 15.4 Å². The number of hydrogen-bond acceptors (Lipinski definition) is 3. The third kappa shape index (κ3) is 3.42. The Labute approximate surface area is 189 Å². The van der Waals surface area contributed by atoms with E-state index in [0.29, 0.717) is 33.0 Å². The van der Waals surface area contributed by atoms with E-state index in [1.54, 1.807) is 37.6 Å².